The molecule has 0 aliphatic carbocycles. The summed E-state index contributed by atoms with van der Waals surface area (Å²) in [7, 11) is 0. The van der Waals surface area contributed by atoms with Crippen LogP contribution in [0.25, 0.3) is 0 Å². The zero-order valence-corrected chi connectivity index (χ0v) is 11.6. The lowest BCUT2D eigenvalue weighted by atomic mass is 10.2. The molecule has 2 heterocycles. The van der Waals surface area contributed by atoms with Crippen molar-refractivity contribution in [3.05, 3.63) is 36.0 Å². The van der Waals surface area contributed by atoms with Crippen LogP contribution in [0, 0.1) is 0 Å². The van der Waals surface area contributed by atoms with E-state index in [-0.39, 0.29) is 11.9 Å². The van der Waals surface area contributed by atoms with Crippen LogP contribution in [0.1, 0.15) is 42.6 Å². The van der Waals surface area contributed by atoms with E-state index in [9.17, 15) is 4.79 Å². The Morgan fingerprint density at radius 3 is 3.00 bits per heavy atom. The third-order valence-corrected chi connectivity index (χ3v) is 2.85. The first kappa shape index (κ1) is 14.0. The minimum atomic E-state index is -0.282. The number of carbonyl (C=O) groups excluding carboxylic acids is 1. The number of aromatic nitrogens is 4. The molecule has 20 heavy (non-hydrogen) atoms. The number of nitrogens with zero attached hydrogens (tertiary/aromatic N) is 4. The van der Waals surface area contributed by atoms with Gasteiger partial charge in [0.05, 0.1) is 6.04 Å². The Kier molecular flexibility index (Phi) is 4.29. The lowest BCUT2D eigenvalue weighted by Gasteiger charge is -2.14. The normalized spacial score (nSPS) is 12.1. The zero-order chi connectivity index (χ0) is 14.5. The Morgan fingerprint density at radius 1 is 1.50 bits per heavy atom. The van der Waals surface area contributed by atoms with Gasteiger partial charge < -0.3 is 15.6 Å². The van der Waals surface area contributed by atoms with Gasteiger partial charge in [-0.2, -0.15) is 0 Å². The van der Waals surface area contributed by atoms with Crippen LogP contribution in [0.5, 0.6) is 0 Å². The fourth-order valence-electron chi connectivity index (χ4n) is 1.93. The summed E-state index contributed by atoms with van der Waals surface area (Å²) in [6.45, 7) is 4.75. The molecule has 7 heteroatoms. The Hall–Kier alpha value is -2.44. The number of nitrogens with two attached hydrogens (primary N) is 1. The monoisotopic (exact) mass is 274 g/mol. The van der Waals surface area contributed by atoms with Gasteiger partial charge in [-0.1, -0.05) is 13.0 Å². The summed E-state index contributed by atoms with van der Waals surface area (Å²) < 4.78 is 1.93. The maximum atomic E-state index is 12.1. The summed E-state index contributed by atoms with van der Waals surface area (Å²) in [5.41, 5.74) is 5.86. The number of carbonyl (C=O) groups is 1. The first-order chi connectivity index (χ1) is 9.61. The van der Waals surface area contributed by atoms with E-state index in [4.69, 9.17) is 5.73 Å². The molecule has 0 spiro atoms. The van der Waals surface area contributed by atoms with Crippen molar-refractivity contribution >= 4 is 11.7 Å². The Balaban J connectivity index is 2.09. The van der Waals surface area contributed by atoms with E-state index in [0.29, 0.717) is 11.5 Å². The summed E-state index contributed by atoms with van der Waals surface area (Å²) in [6, 6.07) is 4.70. The highest BCUT2D eigenvalue weighted by molar-refractivity contribution is 5.92. The van der Waals surface area contributed by atoms with Gasteiger partial charge in [0.25, 0.3) is 5.91 Å². The predicted octanol–water partition coefficient (Wildman–Crippen LogP) is 1.16. The zero-order valence-electron chi connectivity index (χ0n) is 11.6. The van der Waals surface area contributed by atoms with Gasteiger partial charge in [0.1, 0.15) is 17.8 Å². The number of pyridine rings is 1. The second kappa shape index (κ2) is 6.14. The average molecular weight is 274 g/mol. The Morgan fingerprint density at radius 2 is 2.30 bits per heavy atom. The molecular formula is C13H18N6O. The van der Waals surface area contributed by atoms with Crippen molar-refractivity contribution in [3.8, 4) is 0 Å². The minimum Gasteiger partial charge on any atom is -0.384 e. The molecule has 106 valence electrons. The maximum Gasteiger partial charge on any atom is 0.270 e. The smallest absolute Gasteiger partial charge is 0.270 e. The number of aryl methyl sites for hydroxylation is 1. The van der Waals surface area contributed by atoms with Crippen molar-refractivity contribution < 1.29 is 4.79 Å². The van der Waals surface area contributed by atoms with Crippen LogP contribution in [-0.2, 0) is 6.54 Å². The standard InChI is InChI=1S/C13H18N6O/c1-3-7-19-8-15-18-12(19)9(2)16-13(20)10-5-4-6-11(14)17-10/h4-6,8-9H,3,7H2,1-2H3,(H2,14,17)(H,16,20)/t9-/m1/s1. The van der Waals surface area contributed by atoms with Crippen molar-refractivity contribution in [2.45, 2.75) is 32.9 Å². The van der Waals surface area contributed by atoms with Crippen LogP contribution < -0.4 is 11.1 Å². The molecule has 2 aromatic rings. The third kappa shape index (κ3) is 3.11. The van der Waals surface area contributed by atoms with Crippen molar-refractivity contribution in [2.24, 2.45) is 0 Å². The van der Waals surface area contributed by atoms with Gasteiger partial charge >= 0.3 is 0 Å². The van der Waals surface area contributed by atoms with Crippen molar-refractivity contribution in [1.82, 2.24) is 25.1 Å². The van der Waals surface area contributed by atoms with E-state index >= 15 is 0 Å². The quantitative estimate of drug-likeness (QED) is 0.852. The molecule has 0 saturated carbocycles. The molecule has 1 amide bonds. The largest absolute Gasteiger partial charge is 0.384 e. The van der Waals surface area contributed by atoms with Crippen LogP contribution in [-0.4, -0.2) is 25.7 Å². The number of nitrogens with one attached hydrogen (secondary N) is 1. The van der Waals surface area contributed by atoms with Gasteiger partial charge in [-0.25, -0.2) is 4.98 Å². The number of anilines is 1. The molecule has 0 aromatic carbocycles. The molecule has 0 aliphatic heterocycles. The van der Waals surface area contributed by atoms with E-state index < -0.39 is 0 Å². The molecule has 1 atom stereocenters. The summed E-state index contributed by atoms with van der Waals surface area (Å²) >= 11 is 0. The van der Waals surface area contributed by atoms with Crippen molar-refractivity contribution in [2.75, 3.05) is 5.73 Å². The fraction of sp³-hybridized carbons (Fsp3) is 0.385. The lowest BCUT2D eigenvalue weighted by molar-refractivity contribution is 0.0932. The highest BCUT2D eigenvalue weighted by atomic mass is 16.1. The van der Waals surface area contributed by atoms with Gasteiger partial charge in [0, 0.05) is 6.54 Å². The molecule has 0 aliphatic rings. The van der Waals surface area contributed by atoms with Crippen LogP contribution in [0.15, 0.2) is 24.5 Å². The Bertz CT molecular complexity index is 594. The number of amides is 1. The summed E-state index contributed by atoms with van der Waals surface area (Å²) in [5, 5.41) is 10.8. The number of hydrogen-bond acceptors (Lipinski definition) is 5. The molecule has 2 rings (SSSR count). The molecule has 0 fully saturated rings. The highest BCUT2D eigenvalue weighted by Crippen LogP contribution is 2.10. The summed E-state index contributed by atoms with van der Waals surface area (Å²) in [5.74, 6) is 0.763. The summed E-state index contributed by atoms with van der Waals surface area (Å²) in [4.78, 5) is 16.1. The first-order valence-electron chi connectivity index (χ1n) is 6.53. The summed E-state index contributed by atoms with van der Waals surface area (Å²) in [6.07, 6.45) is 2.64. The SMILES string of the molecule is CCCn1cnnc1[C@@H](C)NC(=O)c1cccc(N)n1. The average Bonchev–Trinajstić information content (AvgIpc) is 2.87. The number of hydrogen-bond donors (Lipinski definition) is 2. The molecular weight excluding hydrogens is 256 g/mol. The van der Waals surface area contributed by atoms with Gasteiger partial charge in [-0.05, 0) is 25.5 Å². The van der Waals surface area contributed by atoms with E-state index in [1.807, 2.05) is 11.5 Å². The fourth-order valence-corrected chi connectivity index (χ4v) is 1.93. The van der Waals surface area contributed by atoms with Gasteiger partial charge in [-0.15, -0.1) is 10.2 Å². The predicted molar refractivity (Wildman–Crippen MR) is 74.8 cm³/mol. The van der Waals surface area contributed by atoms with Crippen LogP contribution in [0.3, 0.4) is 0 Å². The van der Waals surface area contributed by atoms with Crippen molar-refractivity contribution in [3.63, 3.8) is 0 Å². The van der Waals surface area contributed by atoms with Crippen LogP contribution in [0.2, 0.25) is 0 Å². The minimum absolute atomic E-state index is 0.250. The Labute approximate surface area is 117 Å². The first-order valence-corrected chi connectivity index (χ1v) is 6.53. The second-order valence-corrected chi connectivity index (χ2v) is 4.53. The van der Waals surface area contributed by atoms with Crippen LogP contribution in [0.4, 0.5) is 5.82 Å². The number of rotatable bonds is 5. The van der Waals surface area contributed by atoms with Crippen LogP contribution >= 0.6 is 0 Å². The van der Waals surface area contributed by atoms with Gasteiger partial charge in [0.15, 0.2) is 5.82 Å². The van der Waals surface area contributed by atoms with E-state index in [2.05, 4.69) is 27.4 Å². The molecule has 3 N–H and O–H groups in total. The number of nitrogen functional groups attached to an aromatic ring is 1. The van der Waals surface area contributed by atoms with Gasteiger partial charge in [0.2, 0.25) is 0 Å². The molecule has 0 radical (unpaired) electrons. The van der Waals surface area contributed by atoms with E-state index in [1.54, 1.807) is 24.5 Å². The molecule has 7 nitrogen and oxygen atoms in total. The second-order valence-electron chi connectivity index (χ2n) is 4.53. The molecule has 2 aromatic heterocycles. The van der Waals surface area contributed by atoms with E-state index in [1.165, 1.54) is 0 Å². The molecule has 0 bridgehead atoms. The third-order valence-electron chi connectivity index (χ3n) is 2.85. The highest BCUT2D eigenvalue weighted by Gasteiger charge is 2.17. The molecule has 0 unspecified atom stereocenters. The topological polar surface area (TPSA) is 98.7 Å². The van der Waals surface area contributed by atoms with E-state index in [0.717, 1.165) is 18.8 Å². The molecule has 0 saturated heterocycles. The van der Waals surface area contributed by atoms with Crippen molar-refractivity contribution in [1.29, 1.82) is 0 Å². The maximum absolute atomic E-state index is 12.1. The van der Waals surface area contributed by atoms with Gasteiger partial charge in [-0.3, -0.25) is 4.79 Å². The lowest BCUT2D eigenvalue weighted by Crippen LogP contribution is -2.29.